The smallest absolute Gasteiger partial charge is 0.338 e. The van der Waals surface area contributed by atoms with Gasteiger partial charge in [0.2, 0.25) is 0 Å². The summed E-state index contributed by atoms with van der Waals surface area (Å²) in [7, 11) is 0. The van der Waals surface area contributed by atoms with Crippen LogP contribution in [0.25, 0.3) is 0 Å². The lowest BCUT2D eigenvalue weighted by Gasteiger charge is -2.39. The molecule has 0 saturated carbocycles. The largest absolute Gasteiger partial charge is 0.462 e. The minimum atomic E-state index is -0.348. The van der Waals surface area contributed by atoms with E-state index in [9.17, 15) is 13.6 Å². The summed E-state index contributed by atoms with van der Waals surface area (Å²) in [5.41, 5.74) is 2.91. The van der Waals surface area contributed by atoms with Crippen molar-refractivity contribution in [3.63, 3.8) is 0 Å². The molecule has 0 aliphatic carbocycles. The van der Waals surface area contributed by atoms with Crippen molar-refractivity contribution in [2.45, 2.75) is 19.5 Å². The average Bonchev–Trinajstić information content (AvgIpc) is 2.81. The number of rotatable bonds is 7. The standard InChI is InChI=1S/C26H27F2N3O2/c1-2-33-26(32)21-9-10-29-24(17-21)18-30-11-13-31(14-12-30)25(19-5-3-7-22(27)15-19)20-6-4-8-23(28)16-20/h3-10,15-17,25H,2,11-14,18H2,1H3. The summed E-state index contributed by atoms with van der Waals surface area (Å²) in [6.45, 7) is 5.73. The number of hydrogen-bond acceptors (Lipinski definition) is 5. The van der Waals surface area contributed by atoms with Crippen molar-refractivity contribution in [1.82, 2.24) is 14.8 Å². The van der Waals surface area contributed by atoms with Gasteiger partial charge in [0.15, 0.2) is 0 Å². The molecule has 0 radical (unpaired) electrons. The fourth-order valence-electron chi connectivity index (χ4n) is 4.28. The number of piperazine rings is 1. The van der Waals surface area contributed by atoms with E-state index in [1.807, 2.05) is 12.1 Å². The van der Waals surface area contributed by atoms with Crippen LogP contribution in [-0.4, -0.2) is 53.5 Å². The number of ether oxygens (including phenoxy) is 1. The van der Waals surface area contributed by atoms with E-state index in [0.717, 1.165) is 43.0 Å². The molecule has 3 aromatic rings. The van der Waals surface area contributed by atoms with Crippen molar-refractivity contribution < 1.29 is 18.3 Å². The van der Waals surface area contributed by atoms with Crippen molar-refractivity contribution in [3.8, 4) is 0 Å². The molecule has 0 spiro atoms. The van der Waals surface area contributed by atoms with Gasteiger partial charge < -0.3 is 4.74 Å². The van der Waals surface area contributed by atoms with Crippen LogP contribution in [0, 0.1) is 11.6 Å². The van der Waals surface area contributed by atoms with Gasteiger partial charge in [-0.15, -0.1) is 0 Å². The van der Waals surface area contributed by atoms with Crippen molar-refractivity contribution in [3.05, 3.63) is 101 Å². The topological polar surface area (TPSA) is 45.7 Å². The summed E-state index contributed by atoms with van der Waals surface area (Å²) in [4.78, 5) is 20.9. The molecule has 2 aromatic carbocycles. The van der Waals surface area contributed by atoms with Crippen LogP contribution in [0.5, 0.6) is 0 Å². The van der Waals surface area contributed by atoms with Gasteiger partial charge in [-0.25, -0.2) is 13.6 Å². The first-order chi connectivity index (χ1) is 16.0. The van der Waals surface area contributed by atoms with Gasteiger partial charge in [0.25, 0.3) is 0 Å². The van der Waals surface area contributed by atoms with Crippen LogP contribution >= 0.6 is 0 Å². The molecule has 0 amide bonds. The SMILES string of the molecule is CCOC(=O)c1ccnc(CN2CCN(C(c3cccc(F)c3)c3cccc(F)c3)CC2)c1. The number of halogens is 2. The third kappa shape index (κ3) is 5.80. The normalized spacial score (nSPS) is 15.0. The molecule has 0 unspecified atom stereocenters. The van der Waals surface area contributed by atoms with E-state index in [1.54, 1.807) is 37.4 Å². The van der Waals surface area contributed by atoms with Gasteiger partial charge in [-0.05, 0) is 54.4 Å². The van der Waals surface area contributed by atoms with E-state index < -0.39 is 0 Å². The van der Waals surface area contributed by atoms with E-state index in [1.165, 1.54) is 24.3 Å². The Bertz CT molecular complexity index is 1050. The molecule has 33 heavy (non-hydrogen) atoms. The molecule has 2 heterocycles. The Hall–Kier alpha value is -3.16. The molecule has 0 bridgehead atoms. The van der Waals surface area contributed by atoms with Gasteiger partial charge in [-0.2, -0.15) is 0 Å². The first kappa shape index (κ1) is 23.0. The molecular formula is C26H27F2N3O2. The summed E-state index contributed by atoms with van der Waals surface area (Å²) >= 11 is 0. The highest BCUT2D eigenvalue weighted by molar-refractivity contribution is 5.89. The molecule has 0 N–H and O–H groups in total. The summed E-state index contributed by atoms with van der Waals surface area (Å²) in [6, 6.07) is 16.2. The zero-order chi connectivity index (χ0) is 23.2. The molecule has 0 atom stereocenters. The molecule has 1 aromatic heterocycles. The number of esters is 1. The van der Waals surface area contributed by atoms with Crippen LogP contribution in [0.1, 0.15) is 40.1 Å². The van der Waals surface area contributed by atoms with Gasteiger partial charge >= 0.3 is 5.97 Å². The number of nitrogens with zero attached hydrogens (tertiary/aromatic N) is 3. The maximum atomic E-state index is 14.0. The number of carbonyl (C=O) groups excluding carboxylic acids is 1. The van der Waals surface area contributed by atoms with E-state index in [0.29, 0.717) is 18.7 Å². The Balaban J connectivity index is 1.47. The monoisotopic (exact) mass is 451 g/mol. The molecule has 1 aliphatic rings. The Morgan fingerprint density at radius 3 is 2.18 bits per heavy atom. The first-order valence-corrected chi connectivity index (χ1v) is 11.1. The Morgan fingerprint density at radius 1 is 0.970 bits per heavy atom. The van der Waals surface area contributed by atoms with Gasteiger partial charge in [0.1, 0.15) is 11.6 Å². The molecule has 172 valence electrons. The predicted octanol–water partition coefficient (Wildman–Crippen LogP) is 4.44. The second kappa shape index (κ2) is 10.6. The third-order valence-electron chi connectivity index (χ3n) is 5.81. The highest BCUT2D eigenvalue weighted by atomic mass is 19.1. The Kier molecular flexibility index (Phi) is 7.42. The lowest BCUT2D eigenvalue weighted by Crippen LogP contribution is -2.47. The summed E-state index contributed by atoms with van der Waals surface area (Å²) in [6.07, 6.45) is 1.63. The lowest BCUT2D eigenvalue weighted by atomic mass is 9.96. The number of hydrogen-bond donors (Lipinski definition) is 0. The van der Waals surface area contributed by atoms with Crippen LogP contribution in [0.3, 0.4) is 0 Å². The van der Waals surface area contributed by atoms with Gasteiger partial charge in [0.05, 0.1) is 23.9 Å². The lowest BCUT2D eigenvalue weighted by molar-refractivity contribution is 0.0525. The molecular weight excluding hydrogens is 424 g/mol. The van der Waals surface area contributed by atoms with Crippen LogP contribution < -0.4 is 0 Å². The fourth-order valence-corrected chi connectivity index (χ4v) is 4.28. The first-order valence-electron chi connectivity index (χ1n) is 11.1. The zero-order valence-electron chi connectivity index (χ0n) is 18.6. The number of benzene rings is 2. The predicted molar refractivity (Wildman–Crippen MR) is 122 cm³/mol. The Morgan fingerprint density at radius 2 is 1.61 bits per heavy atom. The zero-order valence-corrected chi connectivity index (χ0v) is 18.6. The molecule has 1 saturated heterocycles. The average molecular weight is 452 g/mol. The minimum absolute atomic E-state index is 0.233. The second-order valence-corrected chi connectivity index (χ2v) is 8.08. The van der Waals surface area contributed by atoms with E-state index >= 15 is 0 Å². The van der Waals surface area contributed by atoms with E-state index in [4.69, 9.17) is 4.74 Å². The van der Waals surface area contributed by atoms with Crippen molar-refractivity contribution >= 4 is 5.97 Å². The van der Waals surface area contributed by atoms with E-state index in [2.05, 4.69) is 14.8 Å². The van der Waals surface area contributed by atoms with Crippen LogP contribution in [0.4, 0.5) is 8.78 Å². The maximum absolute atomic E-state index is 14.0. The molecule has 1 aliphatic heterocycles. The molecule has 5 nitrogen and oxygen atoms in total. The van der Waals surface area contributed by atoms with Gasteiger partial charge in [-0.3, -0.25) is 14.8 Å². The summed E-state index contributed by atoms with van der Waals surface area (Å²) < 4.78 is 33.1. The molecule has 4 rings (SSSR count). The van der Waals surface area contributed by atoms with Crippen LogP contribution in [-0.2, 0) is 11.3 Å². The second-order valence-electron chi connectivity index (χ2n) is 8.08. The minimum Gasteiger partial charge on any atom is -0.462 e. The number of pyridine rings is 1. The molecule has 7 heteroatoms. The van der Waals surface area contributed by atoms with Crippen LogP contribution in [0.2, 0.25) is 0 Å². The highest BCUT2D eigenvalue weighted by Gasteiger charge is 2.27. The van der Waals surface area contributed by atoms with Crippen molar-refractivity contribution in [1.29, 1.82) is 0 Å². The summed E-state index contributed by atoms with van der Waals surface area (Å²) in [5, 5.41) is 0. The van der Waals surface area contributed by atoms with Crippen LogP contribution in [0.15, 0.2) is 66.9 Å². The fraction of sp³-hybridized carbons (Fsp3) is 0.308. The molecule has 1 fully saturated rings. The Labute approximate surface area is 192 Å². The summed E-state index contributed by atoms with van der Waals surface area (Å²) in [5.74, 6) is -0.959. The van der Waals surface area contributed by atoms with Gasteiger partial charge in [-0.1, -0.05) is 24.3 Å². The van der Waals surface area contributed by atoms with Gasteiger partial charge in [0, 0.05) is 38.9 Å². The van der Waals surface area contributed by atoms with E-state index in [-0.39, 0.29) is 23.6 Å². The third-order valence-corrected chi connectivity index (χ3v) is 5.81. The highest BCUT2D eigenvalue weighted by Crippen LogP contribution is 2.30. The number of aromatic nitrogens is 1. The maximum Gasteiger partial charge on any atom is 0.338 e. The van der Waals surface area contributed by atoms with Crippen molar-refractivity contribution in [2.75, 3.05) is 32.8 Å². The van der Waals surface area contributed by atoms with Crippen molar-refractivity contribution in [2.24, 2.45) is 0 Å². The number of carbonyl (C=O) groups is 1. The quantitative estimate of drug-likeness (QED) is 0.497.